The molecule has 0 aromatic heterocycles. The first-order chi connectivity index (χ1) is 21.1. The normalized spacial score (nSPS) is 12.0. The summed E-state index contributed by atoms with van der Waals surface area (Å²) in [5.41, 5.74) is 4.72. The Morgan fingerprint density at radius 2 is 1.41 bits per heavy atom. The highest BCUT2D eigenvalue weighted by atomic mass is 35.5. The monoisotopic (exact) mass is 631 g/mol. The average Bonchev–Trinajstić information content (AvgIpc) is 3.02. The van der Waals surface area contributed by atoms with Gasteiger partial charge in [0.1, 0.15) is 6.04 Å². The number of amides is 2. The van der Waals surface area contributed by atoms with E-state index in [9.17, 15) is 18.0 Å². The van der Waals surface area contributed by atoms with Crippen LogP contribution >= 0.6 is 11.6 Å². The number of carbonyl (C=O) groups excluding carboxylic acids is 2. The van der Waals surface area contributed by atoms with E-state index >= 15 is 0 Å². The second kappa shape index (κ2) is 15.7. The minimum atomic E-state index is -3.57. The predicted octanol–water partition coefficient (Wildman–Crippen LogP) is 5.84. The summed E-state index contributed by atoms with van der Waals surface area (Å²) in [5.74, 6) is -0.426. The van der Waals surface area contributed by atoms with Crippen LogP contribution in [0.2, 0.25) is 5.02 Å². The molecule has 9 heteroatoms. The van der Waals surface area contributed by atoms with Crippen molar-refractivity contribution in [3.63, 3.8) is 0 Å². The van der Waals surface area contributed by atoms with E-state index < -0.39 is 16.1 Å². The number of halogens is 1. The molecule has 44 heavy (non-hydrogen) atoms. The Hall–Kier alpha value is -3.98. The van der Waals surface area contributed by atoms with Crippen LogP contribution in [0.1, 0.15) is 41.2 Å². The molecule has 0 unspecified atom stereocenters. The molecule has 0 radical (unpaired) electrons. The Morgan fingerprint density at radius 3 is 2.05 bits per heavy atom. The van der Waals surface area contributed by atoms with Gasteiger partial charge in [-0.05, 0) is 59.9 Å². The number of benzene rings is 4. The van der Waals surface area contributed by atoms with Gasteiger partial charge < -0.3 is 10.2 Å². The minimum Gasteiger partial charge on any atom is -0.350 e. The Kier molecular flexibility index (Phi) is 11.7. The molecule has 0 saturated carbocycles. The van der Waals surface area contributed by atoms with Gasteiger partial charge in [-0.15, -0.1) is 0 Å². The third-order valence-corrected chi connectivity index (χ3v) is 9.13. The number of hydrogen-bond acceptors (Lipinski definition) is 4. The van der Waals surface area contributed by atoms with Crippen LogP contribution in [0.5, 0.6) is 0 Å². The van der Waals surface area contributed by atoms with E-state index in [1.165, 1.54) is 0 Å². The molecule has 0 fully saturated rings. The second-order valence-corrected chi connectivity index (χ2v) is 12.9. The molecular weight excluding hydrogens is 594 g/mol. The lowest BCUT2D eigenvalue weighted by Gasteiger charge is -2.32. The molecule has 0 bridgehead atoms. The lowest BCUT2D eigenvalue weighted by molar-refractivity contribution is -0.141. The number of nitrogens with one attached hydrogen (secondary N) is 2. The van der Waals surface area contributed by atoms with Gasteiger partial charge >= 0.3 is 0 Å². The number of rotatable bonds is 14. The van der Waals surface area contributed by atoms with Crippen LogP contribution in [0.4, 0.5) is 0 Å². The van der Waals surface area contributed by atoms with Crippen molar-refractivity contribution in [2.75, 3.05) is 6.54 Å². The molecule has 0 aliphatic rings. The molecular formula is C35H38ClN3O4S. The van der Waals surface area contributed by atoms with Crippen LogP contribution in [0, 0.1) is 6.92 Å². The van der Waals surface area contributed by atoms with Crippen molar-refractivity contribution in [2.45, 2.75) is 57.1 Å². The third-order valence-electron chi connectivity index (χ3n) is 7.32. The number of sulfonamides is 1. The molecule has 0 aliphatic carbocycles. The zero-order chi connectivity index (χ0) is 31.5. The van der Waals surface area contributed by atoms with Gasteiger partial charge in [0.25, 0.3) is 0 Å². The lowest BCUT2D eigenvalue weighted by atomic mass is 10.0. The van der Waals surface area contributed by atoms with Crippen molar-refractivity contribution in [2.24, 2.45) is 0 Å². The van der Waals surface area contributed by atoms with E-state index in [1.807, 2.05) is 73.7 Å². The number of hydrogen-bond donors (Lipinski definition) is 2. The van der Waals surface area contributed by atoms with Crippen LogP contribution in [0.25, 0.3) is 0 Å². The Labute approximate surface area is 265 Å². The highest BCUT2D eigenvalue weighted by molar-refractivity contribution is 7.89. The van der Waals surface area contributed by atoms with Gasteiger partial charge in [0.05, 0.1) is 4.90 Å². The molecule has 1 atom stereocenters. The number of carbonyl (C=O) groups is 2. The summed E-state index contributed by atoms with van der Waals surface area (Å²) in [4.78, 5) is 29.6. The first-order valence-corrected chi connectivity index (χ1v) is 16.5. The van der Waals surface area contributed by atoms with Crippen molar-refractivity contribution in [3.8, 4) is 0 Å². The predicted molar refractivity (Wildman–Crippen MR) is 175 cm³/mol. The van der Waals surface area contributed by atoms with Gasteiger partial charge in [0.2, 0.25) is 21.8 Å². The van der Waals surface area contributed by atoms with E-state index in [0.29, 0.717) is 31.0 Å². The average molecular weight is 632 g/mol. The van der Waals surface area contributed by atoms with E-state index in [4.69, 9.17) is 11.6 Å². The van der Waals surface area contributed by atoms with Crippen molar-refractivity contribution in [3.05, 3.63) is 136 Å². The smallest absolute Gasteiger partial charge is 0.243 e. The summed E-state index contributed by atoms with van der Waals surface area (Å²) in [6.45, 7) is 4.60. The molecule has 0 heterocycles. The fourth-order valence-corrected chi connectivity index (χ4v) is 6.02. The third kappa shape index (κ3) is 9.51. The number of aryl methyl sites for hydroxylation is 2. The SMILES string of the molecule is CCNS(=O)(=O)c1ccc(CCC(=O)N(Cc2ccc(Cl)cc2)[C@H](Cc2ccccc2)C(=O)NCc2ccc(C)cc2)cc1. The van der Waals surface area contributed by atoms with E-state index in [0.717, 1.165) is 27.8 Å². The summed E-state index contributed by atoms with van der Waals surface area (Å²) in [7, 11) is -3.57. The largest absolute Gasteiger partial charge is 0.350 e. The molecule has 7 nitrogen and oxygen atoms in total. The van der Waals surface area contributed by atoms with Gasteiger partial charge in [-0.2, -0.15) is 0 Å². The standard InChI is InChI=1S/C35H38ClN3O4S/c1-3-38-44(42,43)32-20-15-27(16-21-32)17-22-34(40)39(25-30-13-18-31(36)19-14-30)33(23-28-7-5-4-6-8-28)35(41)37-24-29-11-9-26(2)10-12-29/h4-16,18-21,33,38H,3,17,22-25H2,1-2H3,(H,37,41)/t33-/m1/s1. The fourth-order valence-electron chi connectivity index (χ4n) is 4.86. The first kappa shape index (κ1) is 32.9. The minimum absolute atomic E-state index is 0.142. The maximum Gasteiger partial charge on any atom is 0.243 e. The lowest BCUT2D eigenvalue weighted by Crippen LogP contribution is -2.50. The Balaban J connectivity index is 1.58. The summed E-state index contributed by atoms with van der Waals surface area (Å²) >= 11 is 6.13. The zero-order valence-corrected chi connectivity index (χ0v) is 26.6. The van der Waals surface area contributed by atoms with Crippen molar-refractivity contribution >= 4 is 33.4 Å². The van der Waals surface area contributed by atoms with Gasteiger partial charge in [0.15, 0.2) is 0 Å². The zero-order valence-electron chi connectivity index (χ0n) is 25.0. The van der Waals surface area contributed by atoms with Crippen molar-refractivity contribution in [1.29, 1.82) is 0 Å². The van der Waals surface area contributed by atoms with Crippen LogP contribution in [-0.4, -0.2) is 37.7 Å². The van der Waals surface area contributed by atoms with Crippen LogP contribution in [0.15, 0.2) is 108 Å². The second-order valence-electron chi connectivity index (χ2n) is 10.7. The quantitative estimate of drug-likeness (QED) is 0.183. The fraction of sp³-hybridized carbons (Fsp3) is 0.257. The van der Waals surface area contributed by atoms with E-state index in [-0.39, 0.29) is 29.7 Å². The van der Waals surface area contributed by atoms with E-state index in [1.54, 1.807) is 48.2 Å². The van der Waals surface area contributed by atoms with Crippen LogP contribution in [0.3, 0.4) is 0 Å². The summed E-state index contributed by atoms with van der Waals surface area (Å²) in [6.07, 6.45) is 0.876. The Bertz CT molecular complexity index is 1630. The molecule has 0 spiro atoms. The molecule has 4 aromatic rings. The molecule has 2 amide bonds. The maximum absolute atomic E-state index is 14.0. The number of nitrogens with zero attached hydrogens (tertiary/aromatic N) is 1. The van der Waals surface area contributed by atoms with Gasteiger partial charge in [0, 0.05) is 37.5 Å². The van der Waals surface area contributed by atoms with Gasteiger partial charge in [-0.25, -0.2) is 13.1 Å². The van der Waals surface area contributed by atoms with Crippen molar-refractivity contribution in [1.82, 2.24) is 14.9 Å². The van der Waals surface area contributed by atoms with Gasteiger partial charge in [-0.3, -0.25) is 9.59 Å². The van der Waals surface area contributed by atoms with Crippen LogP contribution < -0.4 is 10.0 Å². The highest BCUT2D eigenvalue weighted by Crippen LogP contribution is 2.19. The van der Waals surface area contributed by atoms with E-state index in [2.05, 4.69) is 10.0 Å². The molecule has 230 valence electrons. The summed E-state index contributed by atoms with van der Waals surface area (Å²) < 4.78 is 27.1. The van der Waals surface area contributed by atoms with Crippen LogP contribution in [-0.2, 0) is 45.5 Å². The van der Waals surface area contributed by atoms with Gasteiger partial charge in [-0.1, -0.05) is 103 Å². The molecule has 4 rings (SSSR count). The summed E-state index contributed by atoms with van der Waals surface area (Å²) in [5, 5.41) is 3.64. The Morgan fingerprint density at radius 1 is 0.795 bits per heavy atom. The summed E-state index contributed by atoms with van der Waals surface area (Å²) in [6, 6.07) is 30.6. The maximum atomic E-state index is 14.0. The molecule has 4 aromatic carbocycles. The highest BCUT2D eigenvalue weighted by Gasteiger charge is 2.30. The molecule has 0 saturated heterocycles. The first-order valence-electron chi connectivity index (χ1n) is 14.6. The molecule has 0 aliphatic heterocycles. The topological polar surface area (TPSA) is 95.6 Å². The molecule has 2 N–H and O–H groups in total. The van der Waals surface area contributed by atoms with Crippen molar-refractivity contribution < 1.29 is 18.0 Å².